The molecule has 0 unspecified atom stereocenters. The Morgan fingerprint density at radius 3 is 3.00 bits per heavy atom. The van der Waals surface area contributed by atoms with E-state index in [0.717, 1.165) is 0 Å². The Hall–Kier alpha value is -0.770. The number of carbonyl (C=O) groups excluding carboxylic acids is 1. The van der Waals surface area contributed by atoms with E-state index < -0.39 is 0 Å². The average Bonchev–Trinajstić information content (AvgIpc) is 2.15. The molecule has 0 aromatic carbocycles. The van der Waals surface area contributed by atoms with E-state index in [2.05, 4.69) is 0 Å². The van der Waals surface area contributed by atoms with Gasteiger partial charge in [-0.2, -0.15) is 0 Å². The lowest BCUT2D eigenvalue weighted by Crippen LogP contribution is -2.35. The summed E-state index contributed by atoms with van der Waals surface area (Å²) in [6.07, 6.45) is -0.239. The first-order valence-electron chi connectivity index (χ1n) is 3.37. The fraction of sp³-hybridized carbons (Fsp3) is 0.833. The standard InChI is InChI=1S/C6H12N2O2/c1-5(7)4-8-2-3-10-6(8)9/h5H,2-4,7H2,1H3/t5-/m0/s1. The van der Waals surface area contributed by atoms with Crippen LogP contribution < -0.4 is 5.73 Å². The molecule has 0 saturated carbocycles. The van der Waals surface area contributed by atoms with Gasteiger partial charge in [0.1, 0.15) is 6.61 Å². The van der Waals surface area contributed by atoms with Crippen molar-refractivity contribution in [3.05, 3.63) is 0 Å². The molecule has 0 bridgehead atoms. The van der Waals surface area contributed by atoms with E-state index in [9.17, 15) is 4.79 Å². The van der Waals surface area contributed by atoms with E-state index in [0.29, 0.717) is 19.7 Å². The van der Waals surface area contributed by atoms with Crippen LogP contribution in [0.15, 0.2) is 0 Å². The highest BCUT2D eigenvalue weighted by Gasteiger charge is 2.21. The summed E-state index contributed by atoms with van der Waals surface area (Å²) in [6.45, 7) is 3.65. The Labute approximate surface area is 59.9 Å². The first-order valence-corrected chi connectivity index (χ1v) is 3.37. The van der Waals surface area contributed by atoms with Crippen molar-refractivity contribution in [2.24, 2.45) is 5.73 Å². The van der Waals surface area contributed by atoms with Crippen molar-refractivity contribution in [2.75, 3.05) is 19.7 Å². The van der Waals surface area contributed by atoms with Crippen LogP contribution in [0.25, 0.3) is 0 Å². The van der Waals surface area contributed by atoms with Crippen molar-refractivity contribution < 1.29 is 9.53 Å². The Balaban J connectivity index is 2.33. The lowest BCUT2D eigenvalue weighted by Gasteiger charge is -2.14. The third-order valence-electron chi connectivity index (χ3n) is 1.35. The predicted molar refractivity (Wildman–Crippen MR) is 36.6 cm³/mol. The number of nitrogens with zero attached hydrogens (tertiary/aromatic N) is 1. The summed E-state index contributed by atoms with van der Waals surface area (Å²) in [7, 11) is 0. The molecule has 1 atom stereocenters. The fourth-order valence-corrected chi connectivity index (χ4v) is 0.939. The van der Waals surface area contributed by atoms with Crippen molar-refractivity contribution >= 4 is 6.09 Å². The molecule has 1 heterocycles. The molecule has 0 spiro atoms. The molecule has 10 heavy (non-hydrogen) atoms. The number of rotatable bonds is 2. The molecule has 1 saturated heterocycles. The maximum absolute atomic E-state index is 10.8. The average molecular weight is 144 g/mol. The van der Waals surface area contributed by atoms with Gasteiger partial charge in [-0.1, -0.05) is 0 Å². The summed E-state index contributed by atoms with van der Waals surface area (Å²) < 4.78 is 4.70. The maximum atomic E-state index is 10.8. The highest BCUT2D eigenvalue weighted by Crippen LogP contribution is 2.02. The Morgan fingerprint density at radius 2 is 2.60 bits per heavy atom. The normalized spacial score (nSPS) is 21.0. The van der Waals surface area contributed by atoms with Gasteiger partial charge in [-0.25, -0.2) is 4.79 Å². The summed E-state index contributed by atoms with van der Waals surface area (Å²) in [4.78, 5) is 12.4. The minimum Gasteiger partial charge on any atom is -0.448 e. The topological polar surface area (TPSA) is 55.6 Å². The Morgan fingerprint density at radius 1 is 1.90 bits per heavy atom. The first-order chi connectivity index (χ1) is 4.70. The van der Waals surface area contributed by atoms with Crippen molar-refractivity contribution in [2.45, 2.75) is 13.0 Å². The second kappa shape index (κ2) is 2.88. The van der Waals surface area contributed by atoms with Crippen molar-refractivity contribution in [3.8, 4) is 0 Å². The summed E-state index contributed by atoms with van der Waals surface area (Å²) >= 11 is 0. The number of cyclic esters (lactones) is 1. The lowest BCUT2D eigenvalue weighted by molar-refractivity contribution is 0.157. The van der Waals surface area contributed by atoms with Gasteiger partial charge in [0.2, 0.25) is 0 Å². The van der Waals surface area contributed by atoms with E-state index in [1.807, 2.05) is 6.92 Å². The lowest BCUT2D eigenvalue weighted by atomic mass is 10.3. The van der Waals surface area contributed by atoms with Crippen LogP contribution in [0.5, 0.6) is 0 Å². The van der Waals surface area contributed by atoms with Crippen molar-refractivity contribution in [3.63, 3.8) is 0 Å². The Kier molecular flexibility index (Phi) is 2.11. The molecular formula is C6H12N2O2. The van der Waals surface area contributed by atoms with Gasteiger partial charge >= 0.3 is 6.09 Å². The third kappa shape index (κ3) is 1.60. The number of carbonyl (C=O) groups is 1. The Bertz CT molecular complexity index is 136. The molecule has 1 aliphatic rings. The molecule has 4 heteroatoms. The van der Waals surface area contributed by atoms with E-state index in [-0.39, 0.29) is 12.1 Å². The summed E-state index contributed by atoms with van der Waals surface area (Å²) in [5, 5.41) is 0. The largest absolute Gasteiger partial charge is 0.448 e. The van der Waals surface area contributed by atoms with Crippen LogP contribution in [0.2, 0.25) is 0 Å². The number of hydrogen-bond donors (Lipinski definition) is 1. The zero-order chi connectivity index (χ0) is 7.56. The molecule has 0 aromatic heterocycles. The number of ether oxygens (including phenoxy) is 1. The van der Waals surface area contributed by atoms with Gasteiger partial charge in [0.05, 0.1) is 6.54 Å². The van der Waals surface area contributed by atoms with Gasteiger partial charge < -0.3 is 15.4 Å². The molecule has 4 nitrogen and oxygen atoms in total. The number of nitrogens with two attached hydrogens (primary N) is 1. The van der Waals surface area contributed by atoms with Crippen molar-refractivity contribution in [1.29, 1.82) is 0 Å². The quantitative estimate of drug-likeness (QED) is 0.583. The summed E-state index contributed by atoms with van der Waals surface area (Å²) in [6, 6.07) is 0.0330. The smallest absolute Gasteiger partial charge is 0.409 e. The van der Waals surface area contributed by atoms with E-state index in [1.54, 1.807) is 4.90 Å². The van der Waals surface area contributed by atoms with Crippen LogP contribution in [0.4, 0.5) is 4.79 Å². The van der Waals surface area contributed by atoms with Gasteiger partial charge in [-0.3, -0.25) is 0 Å². The van der Waals surface area contributed by atoms with Crippen LogP contribution in [0, 0.1) is 0 Å². The minimum atomic E-state index is -0.239. The molecule has 0 aliphatic carbocycles. The van der Waals surface area contributed by atoms with Crippen LogP contribution in [0.1, 0.15) is 6.92 Å². The van der Waals surface area contributed by atoms with Gasteiger partial charge in [0, 0.05) is 12.6 Å². The third-order valence-corrected chi connectivity index (χ3v) is 1.35. The van der Waals surface area contributed by atoms with Gasteiger partial charge in [-0.15, -0.1) is 0 Å². The molecule has 0 radical (unpaired) electrons. The number of amides is 1. The van der Waals surface area contributed by atoms with Gasteiger partial charge in [0.15, 0.2) is 0 Å². The first kappa shape index (κ1) is 7.34. The van der Waals surface area contributed by atoms with E-state index in [1.165, 1.54) is 0 Å². The van der Waals surface area contributed by atoms with Crippen LogP contribution >= 0.6 is 0 Å². The molecule has 1 amide bonds. The molecule has 1 aliphatic heterocycles. The minimum absolute atomic E-state index is 0.0330. The molecule has 1 fully saturated rings. The number of hydrogen-bond acceptors (Lipinski definition) is 3. The highest BCUT2D eigenvalue weighted by atomic mass is 16.6. The molecular weight excluding hydrogens is 132 g/mol. The second-order valence-corrected chi connectivity index (χ2v) is 2.54. The summed E-state index contributed by atoms with van der Waals surface area (Å²) in [5.41, 5.74) is 5.48. The van der Waals surface area contributed by atoms with Gasteiger partial charge in [0.25, 0.3) is 0 Å². The monoisotopic (exact) mass is 144 g/mol. The van der Waals surface area contributed by atoms with Crippen LogP contribution in [-0.4, -0.2) is 36.7 Å². The van der Waals surface area contributed by atoms with E-state index >= 15 is 0 Å². The fourth-order valence-electron chi connectivity index (χ4n) is 0.939. The maximum Gasteiger partial charge on any atom is 0.409 e. The molecule has 0 aromatic rings. The summed E-state index contributed by atoms with van der Waals surface area (Å²) in [5.74, 6) is 0. The molecule has 1 rings (SSSR count). The molecule has 2 N–H and O–H groups in total. The zero-order valence-corrected chi connectivity index (χ0v) is 6.04. The van der Waals surface area contributed by atoms with Gasteiger partial charge in [-0.05, 0) is 6.92 Å². The SMILES string of the molecule is C[C@H](N)CN1CCOC1=O. The van der Waals surface area contributed by atoms with Crippen molar-refractivity contribution in [1.82, 2.24) is 4.90 Å². The molecule has 58 valence electrons. The van der Waals surface area contributed by atoms with E-state index in [4.69, 9.17) is 10.5 Å². The van der Waals surface area contributed by atoms with Crippen LogP contribution in [-0.2, 0) is 4.74 Å². The second-order valence-electron chi connectivity index (χ2n) is 2.54. The zero-order valence-electron chi connectivity index (χ0n) is 6.04. The highest BCUT2D eigenvalue weighted by molar-refractivity contribution is 5.69. The van der Waals surface area contributed by atoms with Crippen LogP contribution in [0.3, 0.4) is 0 Å². The predicted octanol–water partition coefficient (Wildman–Crippen LogP) is -0.214.